The van der Waals surface area contributed by atoms with E-state index < -0.39 is 27.6 Å². The molecule has 1 spiro atoms. The Balaban J connectivity index is 1.49. The van der Waals surface area contributed by atoms with E-state index >= 15 is 0 Å². The van der Waals surface area contributed by atoms with E-state index in [1.165, 1.54) is 17.7 Å². The van der Waals surface area contributed by atoms with Gasteiger partial charge in [0.1, 0.15) is 17.8 Å². The predicted molar refractivity (Wildman–Crippen MR) is 120 cm³/mol. The average molecular weight is 460 g/mol. The first-order valence-electron chi connectivity index (χ1n) is 11.0. The molecule has 1 N–H and O–H groups in total. The van der Waals surface area contributed by atoms with Crippen molar-refractivity contribution in [3.8, 4) is 6.07 Å². The smallest absolute Gasteiger partial charge is 0.306 e. The van der Waals surface area contributed by atoms with Crippen molar-refractivity contribution in [2.75, 3.05) is 31.6 Å². The van der Waals surface area contributed by atoms with E-state index in [0.29, 0.717) is 19.5 Å². The van der Waals surface area contributed by atoms with Crippen LogP contribution in [0.15, 0.2) is 18.6 Å². The summed E-state index contributed by atoms with van der Waals surface area (Å²) in [5.41, 5.74) is 0.214. The van der Waals surface area contributed by atoms with Crippen molar-refractivity contribution in [3.63, 3.8) is 0 Å². The van der Waals surface area contributed by atoms with Crippen LogP contribution in [-0.2, 0) is 15.0 Å². The molecular formula is C21H29N7O3S. The summed E-state index contributed by atoms with van der Waals surface area (Å²) in [7, 11) is -2.67. The number of aromatic amines is 1. The molecule has 2 aromatic rings. The Hall–Kier alpha value is -2.71. The molecule has 0 aromatic carbocycles. The summed E-state index contributed by atoms with van der Waals surface area (Å²) >= 11 is 0. The second-order valence-electron chi connectivity index (χ2n) is 8.70. The molecule has 32 heavy (non-hydrogen) atoms. The maximum absolute atomic E-state index is 13.4. The minimum atomic E-state index is -3.98. The number of carbonyl (C=O) groups is 1. The van der Waals surface area contributed by atoms with Crippen molar-refractivity contribution >= 4 is 33.0 Å². The Morgan fingerprint density at radius 3 is 2.84 bits per heavy atom. The fourth-order valence-corrected chi connectivity index (χ4v) is 6.11. The Labute approximate surface area is 188 Å². The van der Waals surface area contributed by atoms with Crippen molar-refractivity contribution in [2.24, 2.45) is 5.92 Å². The lowest BCUT2D eigenvalue weighted by Crippen LogP contribution is -2.60. The minimum Gasteiger partial charge on any atom is -0.353 e. The SMILES string of the molecule is CCCCC(C#N)CC(=O)N(C)S(=O)(=O)N1CCN(c2ncnc3[nH]ccc23)CC12CC2. The van der Waals surface area contributed by atoms with Crippen LogP contribution in [-0.4, -0.2) is 70.1 Å². The second kappa shape index (κ2) is 8.67. The van der Waals surface area contributed by atoms with E-state index in [1.54, 1.807) is 0 Å². The van der Waals surface area contributed by atoms with Crippen molar-refractivity contribution in [1.82, 2.24) is 23.6 Å². The number of H-pyrrole nitrogens is 1. The molecule has 1 amide bonds. The molecule has 2 aromatic heterocycles. The number of fused-ring (bicyclic) bond motifs is 1. The van der Waals surface area contributed by atoms with Gasteiger partial charge in [0, 0.05) is 39.3 Å². The molecule has 0 radical (unpaired) electrons. The number of nitrogens with zero attached hydrogens (tertiary/aromatic N) is 6. The van der Waals surface area contributed by atoms with Gasteiger partial charge in [0.2, 0.25) is 5.91 Å². The van der Waals surface area contributed by atoms with Crippen molar-refractivity contribution in [1.29, 1.82) is 5.26 Å². The monoisotopic (exact) mass is 459 g/mol. The van der Waals surface area contributed by atoms with Crippen LogP contribution in [0.5, 0.6) is 0 Å². The number of nitrogens with one attached hydrogen (secondary N) is 1. The Kier molecular flexibility index (Phi) is 6.09. The van der Waals surface area contributed by atoms with Crippen LogP contribution in [0.25, 0.3) is 11.0 Å². The van der Waals surface area contributed by atoms with Gasteiger partial charge in [-0.2, -0.15) is 18.0 Å². The number of nitriles is 1. The molecule has 0 bridgehead atoms. The topological polar surface area (TPSA) is 126 Å². The van der Waals surface area contributed by atoms with Gasteiger partial charge in [-0.25, -0.2) is 14.3 Å². The highest BCUT2D eigenvalue weighted by Crippen LogP contribution is 2.47. The largest absolute Gasteiger partial charge is 0.353 e. The molecule has 1 saturated heterocycles. The number of hydrogen-bond acceptors (Lipinski definition) is 7. The molecule has 2 fully saturated rings. The summed E-state index contributed by atoms with van der Waals surface area (Å²) in [5.74, 6) is -0.208. The summed E-state index contributed by atoms with van der Waals surface area (Å²) < 4.78 is 29.1. The summed E-state index contributed by atoms with van der Waals surface area (Å²) in [6.07, 6.45) is 7.08. The number of rotatable bonds is 8. The third-order valence-electron chi connectivity index (χ3n) is 6.53. The lowest BCUT2D eigenvalue weighted by Gasteiger charge is -2.42. The van der Waals surface area contributed by atoms with Crippen LogP contribution in [0.2, 0.25) is 0 Å². The van der Waals surface area contributed by atoms with Gasteiger partial charge in [-0.3, -0.25) is 4.79 Å². The molecule has 1 aliphatic carbocycles. The molecule has 1 aliphatic heterocycles. The molecular weight excluding hydrogens is 430 g/mol. The Bertz CT molecular complexity index is 1140. The van der Waals surface area contributed by atoms with E-state index in [1.807, 2.05) is 19.2 Å². The van der Waals surface area contributed by atoms with Gasteiger partial charge in [0.05, 0.1) is 22.9 Å². The minimum absolute atomic E-state index is 0.0778. The number of amides is 1. The van der Waals surface area contributed by atoms with Crippen LogP contribution >= 0.6 is 0 Å². The van der Waals surface area contributed by atoms with Crippen molar-refractivity contribution in [2.45, 2.75) is 51.0 Å². The summed E-state index contributed by atoms with van der Waals surface area (Å²) in [6, 6.07) is 4.06. The highest BCUT2D eigenvalue weighted by molar-refractivity contribution is 7.87. The number of aromatic nitrogens is 3. The summed E-state index contributed by atoms with van der Waals surface area (Å²) in [6.45, 7) is 3.28. The molecule has 172 valence electrons. The van der Waals surface area contributed by atoms with Crippen molar-refractivity contribution < 1.29 is 13.2 Å². The summed E-state index contributed by atoms with van der Waals surface area (Å²) in [5, 5.41) is 10.2. The Morgan fingerprint density at radius 1 is 1.38 bits per heavy atom. The third-order valence-corrected chi connectivity index (χ3v) is 8.56. The molecule has 4 rings (SSSR count). The molecule has 3 heterocycles. The van der Waals surface area contributed by atoms with Gasteiger partial charge in [0.25, 0.3) is 0 Å². The Morgan fingerprint density at radius 2 is 2.16 bits per heavy atom. The number of anilines is 1. The van der Waals surface area contributed by atoms with E-state index in [2.05, 4.69) is 25.9 Å². The van der Waals surface area contributed by atoms with Crippen LogP contribution in [0, 0.1) is 17.2 Å². The van der Waals surface area contributed by atoms with E-state index in [9.17, 15) is 18.5 Å². The lowest BCUT2D eigenvalue weighted by molar-refractivity contribution is -0.126. The van der Waals surface area contributed by atoms with Gasteiger partial charge >= 0.3 is 10.2 Å². The van der Waals surface area contributed by atoms with Crippen molar-refractivity contribution in [3.05, 3.63) is 18.6 Å². The summed E-state index contributed by atoms with van der Waals surface area (Å²) in [4.78, 5) is 26.6. The van der Waals surface area contributed by atoms with Crippen LogP contribution in [0.3, 0.4) is 0 Å². The zero-order valence-electron chi connectivity index (χ0n) is 18.5. The molecule has 2 aliphatic rings. The first-order valence-corrected chi connectivity index (χ1v) is 12.4. The average Bonchev–Trinajstić information content (AvgIpc) is 3.36. The van der Waals surface area contributed by atoms with E-state index in [-0.39, 0.29) is 13.0 Å². The van der Waals surface area contributed by atoms with Gasteiger partial charge in [-0.05, 0) is 25.3 Å². The molecule has 11 heteroatoms. The quantitative estimate of drug-likeness (QED) is 0.640. The number of piperazine rings is 1. The normalized spacial score (nSPS) is 19.1. The standard InChI is InChI=1S/C21H29N7O3S/c1-3-4-5-16(13-22)12-18(29)26(2)32(30,31)28-11-10-27(14-21(28)7-8-21)20-17-6-9-23-19(17)24-15-25-20/h6,9,15-16H,3-5,7-8,10-12,14H2,1-2H3,(H,23,24,25). The first kappa shape index (κ1) is 22.5. The maximum atomic E-state index is 13.4. The van der Waals surface area contributed by atoms with E-state index in [4.69, 9.17) is 0 Å². The van der Waals surface area contributed by atoms with Gasteiger partial charge in [0.15, 0.2) is 0 Å². The predicted octanol–water partition coefficient (Wildman–Crippen LogP) is 2.04. The molecule has 1 atom stereocenters. The van der Waals surface area contributed by atoms with Crippen LogP contribution in [0.1, 0.15) is 45.4 Å². The van der Waals surface area contributed by atoms with Gasteiger partial charge in [-0.15, -0.1) is 0 Å². The number of hydrogen-bond donors (Lipinski definition) is 1. The molecule has 10 nitrogen and oxygen atoms in total. The molecule has 1 unspecified atom stereocenters. The fraction of sp³-hybridized carbons (Fsp3) is 0.619. The number of carbonyl (C=O) groups excluding carboxylic acids is 1. The first-order chi connectivity index (χ1) is 15.3. The fourth-order valence-electron chi connectivity index (χ4n) is 4.44. The lowest BCUT2D eigenvalue weighted by atomic mass is 10.00. The highest BCUT2D eigenvalue weighted by atomic mass is 32.2. The van der Waals surface area contributed by atoms with Gasteiger partial charge < -0.3 is 9.88 Å². The third kappa shape index (κ3) is 4.04. The van der Waals surface area contributed by atoms with Crippen LogP contribution in [0.4, 0.5) is 5.82 Å². The number of unbranched alkanes of at least 4 members (excludes halogenated alkanes) is 1. The zero-order valence-corrected chi connectivity index (χ0v) is 19.3. The van der Waals surface area contributed by atoms with E-state index in [0.717, 1.165) is 46.8 Å². The molecule has 1 saturated carbocycles. The highest BCUT2D eigenvalue weighted by Gasteiger charge is 2.57. The van der Waals surface area contributed by atoms with Gasteiger partial charge in [-0.1, -0.05) is 19.8 Å². The zero-order chi connectivity index (χ0) is 22.9. The maximum Gasteiger partial charge on any atom is 0.306 e. The van der Waals surface area contributed by atoms with Crippen LogP contribution < -0.4 is 4.90 Å². The second-order valence-corrected chi connectivity index (χ2v) is 10.6.